The van der Waals surface area contributed by atoms with Gasteiger partial charge in [-0.25, -0.2) is 9.59 Å². The summed E-state index contributed by atoms with van der Waals surface area (Å²) >= 11 is 1.31. The molecule has 5 nitrogen and oxygen atoms in total. The van der Waals surface area contributed by atoms with Gasteiger partial charge in [-0.2, -0.15) is 0 Å². The molecule has 0 aromatic rings. The highest BCUT2D eigenvalue weighted by atomic mass is 32.2. The van der Waals surface area contributed by atoms with Crippen LogP contribution in [0.2, 0.25) is 0 Å². The van der Waals surface area contributed by atoms with Gasteiger partial charge in [0.05, 0.1) is 7.11 Å². The van der Waals surface area contributed by atoms with E-state index in [0.29, 0.717) is 5.75 Å². The zero-order valence-corrected chi connectivity index (χ0v) is 11.4. The van der Waals surface area contributed by atoms with Gasteiger partial charge in [0.25, 0.3) is 0 Å². The molecule has 0 bridgehead atoms. The molecule has 0 heterocycles. The summed E-state index contributed by atoms with van der Waals surface area (Å²) < 4.78 is 9.63. The van der Waals surface area contributed by atoms with E-state index in [1.54, 1.807) is 26.2 Å². The Kier molecular flexibility index (Phi) is 6.72. The maximum absolute atomic E-state index is 11.5. The van der Waals surface area contributed by atoms with Crippen LogP contribution >= 0.6 is 11.8 Å². The second-order valence-corrected chi connectivity index (χ2v) is 5.22. The molecule has 0 aliphatic heterocycles. The van der Waals surface area contributed by atoms with Crippen LogP contribution in [0.5, 0.6) is 0 Å². The summed E-state index contributed by atoms with van der Waals surface area (Å²) in [6.07, 6.45) is -0.641. The Labute approximate surface area is 106 Å². The lowest BCUT2D eigenvalue weighted by atomic mass is 10.2. The Morgan fingerprint density at radius 1 is 1.47 bits per heavy atom. The minimum Gasteiger partial charge on any atom is -0.467 e. The highest BCUT2D eigenvalue weighted by Crippen LogP contribution is 2.09. The molecule has 0 aliphatic rings. The first-order valence-corrected chi connectivity index (χ1v) is 6.15. The first-order chi connectivity index (χ1) is 7.80. The van der Waals surface area contributed by atoms with Gasteiger partial charge < -0.3 is 14.8 Å². The number of ether oxygens (including phenoxy) is 2. The molecule has 0 aromatic carbocycles. The lowest BCUT2D eigenvalue weighted by Gasteiger charge is -2.22. The predicted molar refractivity (Wildman–Crippen MR) is 67.8 cm³/mol. The van der Waals surface area contributed by atoms with Crippen LogP contribution < -0.4 is 5.32 Å². The fraction of sp³-hybridized carbons (Fsp3) is 0.636. The molecule has 6 heteroatoms. The van der Waals surface area contributed by atoms with Crippen LogP contribution in [0.1, 0.15) is 20.8 Å². The molecule has 0 fully saturated rings. The largest absolute Gasteiger partial charge is 0.467 e. The van der Waals surface area contributed by atoms with E-state index in [1.807, 2.05) is 0 Å². The van der Waals surface area contributed by atoms with Crippen LogP contribution in [0.15, 0.2) is 12.0 Å². The third-order valence-corrected chi connectivity index (χ3v) is 2.32. The van der Waals surface area contributed by atoms with Crippen molar-refractivity contribution >= 4 is 23.8 Å². The number of carbonyl (C=O) groups is 2. The summed E-state index contributed by atoms with van der Waals surface area (Å²) in [6.45, 7) is 8.77. The van der Waals surface area contributed by atoms with E-state index in [4.69, 9.17) is 4.74 Å². The molecule has 0 aromatic heterocycles. The van der Waals surface area contributed by atoms with Crippen LogP contribution in [0, 0.1) is 0 Å². The Bertz CT molecular complexity index is 286. The highest BCUT2D eigenvalue weighted by Gasteiger charge is 2.24. The van der Waals surface area contributed by atoms with Gasteiger partial charge in [0.1, 0.15) is 11.6 Å². The third-order valence-electron chi connectivity index (χ3n) is 1.56. The number of nitrogens with one attached hydrogen (secondary N) is 1. The van der Waals surface area contributed by atoms with Crippen molar-refractivity contribution in [2.45, 2.75) is 32.4 Å². The first kappa shape index (κ1) is 15.8. The van der Waals surface area contributed by atoms with Gasteiger partial charge in [-0.05, 0) is 26.2 Å². The van der Waals surface area contributed by atoms with Crippen molar-refractivity contribution in [3.8, 4) is 0 Å². The lowest BCUT2D eigenvalue weighted by Crippen LogP contribution is -2.45. The number of hydrogen-bond donors (Lipinski definition) is 1. The number of alkyl carbamates (subject to hydrolysis) is 1. The van der Waals surface area contributed by atoms with Gasteiger partial charge in [0.15, 0.2) is 0 Å². The Morgan fingerprint density at radius 2 is 2.06 bits per heavy atom. The van der Waals surface area contributed by atoms with Crippen LogP contribution in [-0.4, -0.2) is 36.6 Å². The number of esters is 1. The van der Waals surface area contributed by atoms with Crippen molar-refractivity contribution < 1.29 is 19.1 Å². The van der Waals surface area contributed by atoms with E-state index in [9.17, 15) is 9.59 Å². The fourth-order valence-electron chi connectivity index (χ4n) is 0.925. The van der Waals surface area contributed by atoms with Gasteiger partial charge in [0, 0.05) is 5.75 Å². The number of amides is 1. The van der Waals surface area contributed by atoms with E-state index < -0.39 is 23.7 Å². The van der Waals surface area contributed by atoms with Crippen LogP contribution in [0.25, 0.3) is 0 Å². The second-order valence-electron chi connectivity index (χ2n) is 4.22. The van der Waals surface area contributed by atoms with E-state index >= 15 is 0 Å². The number of thioether (sulfide) groups is 1. The highest BCUT2D eigenvalue weighted by molar-refractivity contribution is 8.02. The fourth-order valence-corrected chi connectivity index (χ4v) is 1.47. The number of hydrogen-bond acceptors (Lipinski definition) is 5. The van der Waals surface area contributed by atoms with Crippen molar-refractivity contribution in [1.29, 1.82) is 0 Å². The van der Waals surface area contributed by atoms with Crippen LogP contribution in [-0.2, 0) is 14.3 Å². The quantitative estimate of drug-likeness (QED) is 0.766. The smallest absolute Gasteiger partial charge is 0.408 e. The Hall–Kier alpha value is -1.17. The van der Waals surface area contributed by atoms with E-state index in [-0.39, 0.29) is 0 Å². The summed E-state index contributed by atoms with van der Waals surface area (Å²) in [5, 5.41) is 4.04. The van der Waals surface area contributed by atoms with Gasteiger partial charge in [0.2, 0.25) is 0 Å². The molecule has 0 spiro atoms. The molecule has 1 N–H and O–H groups in total. The summed E-state index contributed by atoms with van der Waals surface area (Å²) in [5.74, 6) is -0.153. The average molecular weight is 261 g/mol. The minimum atomic E-state index is -0.738. The Morgan fingerprint density at radius 3 is 2.47 bits per heavy atom. The minimum absolute atomic E-state index is 0.357. The molecular weight excluding hydrogens is 242 g/mol. The molecule has 1 atom stereocenters. The van der Waals surface area contributed by atoms with Crippen molar-refractivity contribution in [3.63, 3.8) is 0 Å². The molecule has 98 valence electrons. The molecular formula is C11H19NO4S. The summed E-state index contributed by atoms with van der Waals surface area (Å²) in [6, 6.07) is -0.738. The lowest BCUT2D eigenvalue weighted by molar-refractivity contribution is -0.142. The van der Waals surface area contributed by atoms with Crippen molar-refractivity contribution in [1.82, 2.24) is 5.32 Å². The maximum atomic E-state index is 11.5. The maximum Gasteiger partial charge on any atom is 0.408 e. The SMILES string of the molecule is C=CSCC(NC(=O)OC(C)(C)C)C(=O)OC. The monoisotopic (exact) mass is 261 g/mol. The molecule has 17 heavy (non-hydrogen) atoms. The van der Waals surface area contributed by atoms with Crippen LogP contribution in [0.3, 0.4) is 0 Å². The van der Waals surface area contributed by atoms with E-state index in [2.05, 4.69) is 16.6 Å². The number of methoxy groups -OCH3 is 1. The van der Waals surface area contributed by atoms with Crippen LogP contribution in [0.4, 0.5) is 4.79 Å². The van der Waals surface area contributed by atoms with E-state index in [1.165, 1.54) is 18.9 Å². The normalized spacial score (nSPS) is 12.5. The molecule has 0 radical (unpaired) electrons. The summed E-state index contributed by atoms with van der Waals surface area (Å²) in [7, 11) is 1.27. The van der Waals surface area contributed by atoms with Gasteiger partial charge in [-0.15, -0.1) is 11.8 Å². The molecule has 1 unspecified atom stereocenters. The molecule has 0 saturated carbocycles. The first-order valence-electron chi connectivity index (χ1n) is 5.10. The van der Waals surface area contributed by atoms with E-state index in [0.717, 1.165) is 0 Å². The summed E-state index contributed by atoms with van der Waals surface area (Å²) in [5.41, 5.74) is -0.601. The van der Waals surface area contributed by atoms with Crippen molar-refractivity contribution in [3.05, 3.63) is 12.0 Å². The van der Waals surface area contributed by atoms with Crippen molar-refractivity contribution in [2.75, 3.05) is 12.9 Å². The number of rotatable bonds is 5. The third kappa shape index (κ3) is 7.68. The summed E-state index contributed by atoms with van der Waals surface area (Å²) in [4.78, 5) is 22.9. The molecule has 0 aliphatic carbocycles. The molecule has 1 amide bonds. The Balaban J connectivity index is 4.37. The second kappa shape index (κ2) is 7.21. The number of carbonyl (C=O) groups excluding carboxylic acids is 2. The molecule has 0 rings (SSSR count). The molecule has 0 saturated heterocycles. The zero-order chi connectivity index (χ0) is 13.5. The average Bonchev–Trinajstić information content (AvgIpc) is 2.20. The van der Waals surface area contributed by atoms with Crippen molar-refractivity contribution in [2.24, 2.45) is 0 Å². The predicted octanol–water partition coefficient (Wildman–Crippen LogP) is 1.93. The zero-order valence-electron chi connectivity index (χ0n) is 10.6. The standard InChI is InChI=1S/C11H19NO4S/c1-6-17-7-8(9(13)15-5)12-10(14)16-11(2,3)4/h6,8H,1,7H2,2-5H3,(H,12,14). The topological polar surface area (TPSA) is 64.6 Å². The van der Waals surface area contributed by atoms with Gasteiger partial charge in [-0.3, -0.25) is 0 Å². The van der Waals surface area contributed by atoms with Gasteiger partial charge in [-0.1, -0.05) is 6.58 Å². The van der Waals surface area contributed by atoms with Gasteiger partial charge >= 0.3 is 12.1 Å².